The van der Waals surface area contributed by atoms with E-state index < -0.39 is 0 Å². The fourth-order valence-corrected chi connectivity index (χ4v) is 2.69. The van der Waals surface area contributed by atoms with Crippen LogP contribution in [0.2, 0.25) is 0 Å². The molecule has 2 nitrogen and oxygen atoms in total. The molecule has 0 radical (unpaired) electrons. The predicted molar refractivity (Wildman–Crippen MR) is 83.6 cm³/mol. The van der Waals surface area contributed by atoms with Gasteiger partial charge in [0.2, 0.25) is 0 Å². The highest BCUT2D eigenvalue weighted by atomic mass is 19.1. The van der Waals surface area contributed by atoms with Gasteiger partial charge >= 0.3 is 0 Å². The maximum Gasteiger partial charge on any atom is 0.129 e. The molecule has 3 heteroatoms. The van der Waals surface area contributed by atoms with Crippen LogP contribution in [0.25, 0.3) is 0 Å². The van der Waals surface area contributed by atoms with Crippen molar-refractivity contribution in [2.24, 2.45) is 5.41 Å². The van der Waals surface area contributed by atoms with Crippen LogP contribution in [0.4, 0.5) is 10.1 Å². The lowest BCUT2D eigenvalue weighted by Crippen LogP contribution is -2.36. The van der Waals surface area contributed by atoms with Crippen molar-refractivity contribution in [3.05, 3.63) is 29.6 Å². The first-order valence-corrected chi connectivity index (χ1v) is 7.45. The number of halogens is 1. The summed E-state index contributed by atoms with van der Waals surface area (Å²) in [5, 5.41) is 3.40. The van der Waals surface area contributed by atoms with Gasteiger partial charge in [-0.1, -0.05) is 19.9 Å². The van der Waals surface area contributed by atoms with Gasteiger partial charge in [0.25, 0.3) is 0 Å². The number of anilines is 1. The lowest BCUT2D eigenvalue weighted by atomic mass is 9.93. The molecule has 1 aliphatic heterocycles. The van der Waals surface area contributed by atoms with Gasteiger partial charge < -0.3 is 10.2 Å². The zero-order valence-electron chi connectivity index (χ0n) is 13.4. The molecule has 1 saturated heterocycles. The smallest absolute Gasteiger partial charge is 0.129 e. The van der Waals surface area contributed by atoms with Gasteiger partial charge in [-0.05, 0) is 44.7 Å². The van der Waals surface area contributed by atoms with Crippen LogP contribution in [-0.2, 0) is 6.54 Å². The summed E-state index contributed by atoms with van der Waals surface area (Å²) < 4.78 is 14.2. The lowest BCUT2D eigenvalue weighted by Gasteiger charge is -2.27. The first-order chi connectivity index (χ1) is 9.18. The summed E-state index contributed by atoms with van der Waals surface area (Å²) in [4.78, 5) is 2.32. The Hall–Kier alpha value is -1.09. The highest BCUT2D eigenvalue weighted by Crippen LogP contribution is 2.34. The minimum Gasteiger partial charge on any atom is -0.371 e. The molecular formula is C17H27FN2. The van der Waals surface area contributed by atoms with E-state index in [9.17, 15) is 4.39 Å². The molecule has 0 aliphatic carbocycles. The van der Waals surface area contributed by atoms with Crippen molar-refractivity contribution in [1.82, 2.24) is 5.32 Å². The second-order valence-electron chi connectivity index (χ2n) is 7.68. The third-order valence-corrected chi connectivity index (χ3v) is 3.91. The van der Waals surface area contributed by atoms with Crippen molar-refractivity contribution in [2.45, 2.75) is 53.1 Å². The molecule has 20 heavy (non-hydrogen) atoms. The fourth-order valence-electron chi connectivity index (χ4n) is 2.69. The Morgan fingerprint density at radius 2 is 2.00 bits per heavy atom. The summed E-state index contributed by atoms with van der Waals surface area (Å²) in [5.74, 6) is -0.107. The minimum atomic E-state index is -0.107. The molecule has 0 aromatic heterocycles. The van der Waals surface area contributed by atoms with Gasteiger partial charge in [0.1, 0.15) is 5.82 Å². The number of benzene rings is 1. The topological polar surface area (TPSA) is 15.3 Å². The summed E-state index contributed by atoms with van der Waals surface area (Å²) in [6, 6.07) is 5.42. The second-order valence-corrected chi connectivity index (χ2v) is 7.68. The normalized spacial score (nSPS) is 18.6. The molecule has 1 heterocycles. The first kappa shape index (κ1) is 15.3. The van der Waals surface area contributed by atoms with Crippen molar-refractivity contribution >= 4 is 5.69 Å². The van der Waals surface area contributed by atoms with Crippen LogP contribution in [-0.4, -0.2) is 18.6 Å². The summed E-state index contributed by atoms with van der Waals surface area (Å²) in [7, 11) is 0. The van der Waals surface area contributed by atoms with Crippen molar-refractivity contribution in [1.29, 1.82) is 0 Å². The highest BCUT2D eigenvalue weighted by Gasteiger charge is 2.30. The molecule has 1 aliphatic rings. The van der Waals surface area contributed by atoms with E-state index in [1.54, 1.807) is 6.07 Å². The molecule has 1 N–H and O–H groups in total. The number of nitrogens with zero attached hydrogens (tertiary/aromatic N) is 1. The number of nitrogens with one attached hydrogen (secondary N) is 1. The molecule has 0 unspecified atom stereocenters. The molecule has 0 saturated carbocycles. The van der Waals surface area contributed by atoms with Crippen LogP contribution in [0.3, 0.4) is 0 Å². The maximum absolute atomic E-state index is 14.2. The average molecular weight is 278 g/mol. The molecule has 112 valence electrons. The van der Waals surface area contributed by atoms with Gasteiger partial charge in [0.15, 0.2) is 0 Å². The SMILES string of the molecule is CC1(C)CCN(c2cccc(F)c2CNC(C)(C)C)C1. The van der Waals surface area contributed by atoms with Gasteiger partial charge in [0.05, 0.1) is 0 Å². The zero-order chi connectivity index (χ0) is 15.0. The predicted octanol–water partition coefficient (Wildman–Crippen LogP) is 3.95. The molecule has 1 aromatic carbocycles. The summed E-state index contributed by atoms with van der Waals surface area (Å²) in [6.45, 7) is 13.4. The Labute approximate surface area is 122 Å². The lowest BCUT2D eigenvalue weighted by molar-refractivity contribution is 0.415. The van der Waals surface area contributed by atoms with Gasteiger partial charge in [-0.15, -0.1) is 0 Å². The van der Waals surface area contributed by atoms with Gasteiger partial charge in [-0.2, -0.15) is 0 Å². The highest BCUT2D eigenvalue weighted by molar-refractivity contribution is 5.55. The van der Waals surface area contributed by atoms with E-state index in [0.29, 0.717) is 12.0 Å². The van der Waals surface area contributed by atoms with E-state index in [4.69, 9.17) is 0 Å². The minimum absolute atomic E-state index is 0.0101. The van der Waals surface area contributed by atoms with Gasteiger partial charge in [-0.3, -0.25) is 0 Å². The van der Waals surface area contributed by atoms with E-state index in [1.165, 1.54) is 0 Å². The van der Waals surface area contributed by atoms with E-state index in [1.807, 2.05) is 12.1 Å². The van der Waals surface area contributed by atoms with Crippen molar-refractivity contribution in [3.8, 4) is 0 Å². The Kier molecular flexibility index (Phi) is 4.10. The van der Waals surface area contributed by atoms with Crippen LogP contribution in [0.5, 0.6) is 0 Å². The van der Waals surface area contributed by atoms with E-state index >= 15 is 0 Å². The third kappa shape index (κ3) is 3.72. The first-order valence-electron chi connectivity index (χ1n) is 7.45. The quantitative estimate of drug-likeness (QED) is 0.900. The average Bonchev–Trinajstić information content (AvgIpc) is 2.66. The molecule has 0 bridgehead atoms. The largest absolute Gasteiger partial charge is 0.371 e. The van der Waals surface area contributed by atoms with Crippen LogP contribution in [0.15, 0.2) is 18.2 Å². The fraction of sp³-hybridized carbons (Fsp3) is 0.647. The van der Waals surface area contributed by atoms with Crippen LogP contribution in [0, 0.1) is 11.2 Å². The number of rotatable bonds is 3. The Bertz CT molecular complexity index is 474. The number of hydrogen-bond acceptors (Lipinski definition) is 2. The van der Waals surface area contributed by atoms with Crippen molar-refractivity contribution in [2.75, 3.05) is 18.0 Å². The van der Waals surface area contributed by atoms with E-state index in [-0.39, 0.29) is 11.4 Å². The Morgan fingerprint density at radius 3 is 2.55 bits per heavy atom. The summed E-state index contributed by atoms with van der Waals surface area (Å²) in [6.07, 6.45) is 1.16. The second kappa shape index (κ2) is 5.36. The van der Waals surface area contributed by atoms with Crippen LogP contribution >= 0.6 is 0 Å². The van der Waals surface area contributed by atoms with Gasteiger partial charge in [0, 0.05) is 36.4 Å². The molecule has 0 spiro atoms. The summed E-state index contributed by atoms with van der Waals surface area (Å²) in [5.41, 5.74) is 2.15. The monoisotopic (exact) mass is 278 g/mol. The van der Waals surface area contributed by atoms with Crippen molar-refractivity contribution < 1.29 is 4.39 Å². The molecule has 2 rings (SSSR count). The number of hydrogen-bond donors (Lipinski definition) is 1. The molecule has 0 amide bonds. The Morgan fingerprint density at radius 1 is 1.30 bits per heavy atom. The summed E-state index contributed by atoms with van der Waals surface area (Å²) >= 11 is 0. The Balaban J connectivity index is 2.23. The van der Waals surface area contributed by atoms with Crippen LogP contribution in [0.1, 0.15) is 46.6 Å². The van der Waals surface area contributed by atoms with Crippen molar-refractivity contribution in [3.63, 3.8) is 0 Å². The van der Waals surface area contributed by atoms with Crippen LogP contribution < -0.4 is 10.2 Å². The van der Waals surface area contributed by atoms with E-state index in [0.717, 1.165) is 30.8 Å². The van der Waals surface area contributed by atoms with E-state index in [2.05, 4.69) is 44.8 Å². The molecule has 0 atom stereocenters. The molecule has 1 aromatic rings. The standard InChI is InChI=1S/C17H27FN2/c1-16(2,3)19-11-13-14(18)7-6-8-15(13)20-10-9-17(4,5)12-20/h6-8,19H,9-12H2,1-5H3. The third-order valence-electron chi connectivity index (χ3n) is 3.91. The maximum atomic E-state index is 14.2. The molecule has 1 fully saturated rings. The zero-order valence-corrected chi connectivity index (χ0v) is 13.4. The molecular weight excluding hydrogens is 251 g/mol. The van der Waals surface area contributed by atoms with Gasteiger partial charge in [-0.25, -0.2) is 4.39 Å².